The van der Waals surface area contributed by atoms with Gasteiger partial charge in [-0.15, -0.1) is 0 Å². The molecule has 0 atom stereocenters. The van der Waals surface area contributed by atoms with E-state index >= 15 is 0 Å². The second-order valence-corrected chi connectivity index (χ2v) is 5.52. The second kappa shape index (κ2) is 5.85. The highest BCUT2D eigenvalue weighted by atomic mass is 32.2. The fraction of sp³-hybridized carbons (Fsp3) is 0.167. The number of ether oxygens (including phenoxy) is 1. The molecular weight excluding hydrogens is 280 g/mol. The van der Waals surface area contributed by atoms with Crippen molar-refractivity contribution in [2.75, 3.05) is 11.8 Å². The highest BCUT2D eigenvalue weighted by Crippen LogP contribution is 2.26. The molecule has 1 aromatic heterocycles. The first-order valence-corrected chi connectivity index (χ1v) is 7.22. The summed E-state index contributed by atoms with van der Waals surface area (Å²) in [5.41, 5.74) is 6.21. The standard InChI is InChI=1S/C12H14N4O3S/c1-19-10-4-3-9(8-13)7-11(10)20(17,18)16-12-14-5-2-6-15-12/h2-7H,8,13H2,1H3,(H,14,15,16). The number of nitrogens with zero attached hydrogens (tertiary/aromatic N) is 2. The SMILES string of the molecule is COc1ccc(CN)cc1S(=O)(=O)Nc1ncccn1. The van der Waals surface area contributed by atoms with E-state index < -0.39 is 10.0 Å². The average molecular weight is 294 g/mol. The second-order valence-electron chi connectivity index (χ2n) is 3.87. The van der Waals surface area contributed by atoms with Crippen LogP contribution in [0, 0.1) is 0 Å². The van der Waals surface area contributed by atoms with Gasteiger partial charge in [0.1, 0.15) is 10.6 Å². The lowest BCUT2D eigenvalue weighted by Gasteiger charge is -2.11. The van der Waals surface area contributed by atoms with Crippen molar-refractivity contribution in [1.29, 1.82) is 0 Å². The molecule has 0 aliphatic rings. The first-order valence-electron chi connectivity index (χ1n) is 5.73. The number of aromatic nitrogens is 2. The minimum absolute atomic E-state index is 0.00426. The van der Waals surface area contributed by atoms with E-state index in [-0.39, 0.29) is 23.1 Å². The average Bonchev–Trinajstić information content (AvgIpc) is 2.47. The highest BCUT2D eigenvalue weighted by molar-refractivity contribution is 7.92. The van der Waals surface area contributed by atoms with Gasteiger partial charge >= 0.3 is 0 Å². The van der Waals surface area contributed by atoms with Gasteiger partial charge in [-0.1, -0.05) is 6.07 Å². The summed E-state index contributed by atoms with van der Waals surface area (Å²) < 4.78 is 32.0. The Labute approximate surface area is 116 Å². The number of methoxy groups -OCH3 is 1. The molecule has 3 N–H and O–H groups in total. The lowest BCUT2D eigenvalue weighted by molar-refractivity contribution is 0.402. The van der Waals surface area contributed by atoms with Crippen molar-refractivity contribution in [3.05, 3.63) is 42.2 Å². The lowest BCUT2D eigenvalue weighted by atomic mass is 10.2. The molecule has 1 aromatic carbocycles. The third kappa shape index (κ3) is 3.03. The summed E-state index contributed by atoms with van der Waals surface area (Å²) in [5, 5.41) is 0. The van der Waals surface area contributed by atoms with Crippen LogP contribution in [0.4, 0.5) is 5.95 Å². The van der Waals surface area contributed by atoms with Gasteiger partial charge in [0.15, 0.2) is 0 Å². The fourth-order valence-electron chi connectivity index (χ4n) is 1.59. The van der Waals surface area contributed by atoms with Crippen LogP contribution in [0.3, 0.4) is 0 Å². The zero-order valence-electron chi connectivity index (χ0n) is 10.8. The van der Waals surface area contributed by atoms with Crippen LogP contribution in [-0.2, 0) is 16.6 Å². The Hall–Kier alpha value is -2.19. The zero-order valence-corrected chi connectivity index (χ0v) is 11.6. The summed E-state index contributed by atoms with van der Waals surface area (Å²) in [6.45, 7) is 0.231. The van der Waals surface area contributed by atoms with Crippen molar-refractivity contribution < 1.29 is 13.2 Å². The van der Waals surface area contributed by atoms with Crippen molar-refractivity contribution >= 4 is 16.0 Å². The molecule has 2 rings (SSSR count). The van der Waals surface area contributed by atoms with Gasteiger partial charge in [-0.2, -0.15) is 0 Å². The first-order chi connectivity index (χ1) is 9.56. The van der Waals surface area contributed by atoms with E-state index in [1.165, 1.54) is 25.6 Å². The van der Waals surface area contributed by atoms with Crippen LogP contribution in [0.1, 0.15) is 5.56 Å². The Bertz CT molecular complexity index is 689. The smallest absolute Gasteiger partial charge is 0.267 e. The van der Waals surface area contributed by atoms with Crippen LogP contribution in [0.15, 0.2) is 41.6 Å². The Kier molecular flexibility index (Phi) is 4.16. The molecule has 0 bridgehead atoms. The monoisotopic (exact) mass is 294 g/mol. The minimum Gasteiger partial charge on any atom is -0.495 e. The summed E-state index contributed by atoms with van der Waals surface area (Å²) in [5.74, 6) is 0.221. The molecule has 1 heterocycles. The predicted octanol–water partition coefficient (Wildman–Crippen LogP) is 0.745. The largest absolute Gasteiger partial charge is 0.495 e. The summed E-state index contributed by atoms with van der Waals surface area (Å²) in [6.07, 6.45) is 2.89. The van der Waals surface area contributed by atoms with Crippen LogP contribution in [0.5, 0.6) is 5.75 Å². The van der Waals surface area contributed by atoms with E-state index in [9.17, 15) is 8.42 Å². The topological polar surface area (TPSA) is 107 Å². The maximum absolute atomic E-state index is 12.3. The van der Waals surface area contributed by atoms with Crippen molar-refractivity contribution in [2.45, 2.75) is 11.4 Å². The molecule has 0 radical (unpaired) electrons. The molecular formula is C12H14N4O3S. The summed E-state index contributed by atoms with van der Waals surface area (Å²) >= 11 is 0. The maximum atomic E-state index is 12.3. The first kappa shape index (κ1) is 14.2. The molecule has 0 unspecified atom stereocenters. The molecule has 0 spiro atoms. The van der Waals surface area contributed by atoms with Crippen molar-refractivity contribution in [3.8, 4) is 5.75 Å². The number of anilines is 1. The third-order valence-electron chi connectivity index (χ3n) is 2.54. The van der Waals surface area contributed by atoms with Crippen LogP contribution in [-0.4, -0.2) is 25.5 Å². The number of nitrogens with two attached hydrogens (primary N) is 1. The van der Waals surface area contributed by atoms with E-state index in [2.05, 4.69) is 14.7 Å². The molecule has 106 valence electrons. The molecule has 20 heavy (non-hydrogen) atoms. The molecule has 8 heteroatoms. The van der Waals surface area contributed by atoms with Crippen LogP contribution >= 0.6 is 0 Å². The Morgan fingerprint density at radius 2 is 2.00 bits per heavy atom. The minimum atomic E-state index is -3.84. The van der Waals surface area contributed by atoms with Gasteiger partial charge in [0.25, 0.3) is 10.0 Å². The van der Waals surface area contributed by atoms with Crippen molar-refractivity contribution in [3.63, 3.8) is 0 Å². The van der Waals surface area contributed by atoms with Gasteiger partial charge in [0.05, 0.1) is 7.11 Å². The summed E-state index contributed by atoms with van der Waals surface area (Å²) in [4.78, 5) is 7.64. The van der Waals surface area contributed by atoms with E-state index in [4.69, 9.17) is 10.5 Å². The van der Waals surface area contributed by atoms with Gasteiger partial charge in [-0.05, 0) is 23.8 Å². The number of hydrogen-bond acceptors (Lipinski definition) is 6. The molecule has 0 saturated heterocycles. The maximum Gasteiger partial charge on any atom is 0.267 e. The van der Waals surface area contributed by atoms with Gasteiger partial charge in [0.2, 0.25) is 5.95 Å². The molecule has 0 aliphatic heterocycles. The predicted molar refractivity (Wildman–Crippen MR) is 73.7 cm³/mol. The molecule has 7 nitrogen and oxygen atoms in total. The number of sulfonamides is 1. The molecule has 0 aliphatic carbocycles. The van der Waals surface area contributed by atoms with Gasteiger partial charge in [0, 0.05) is 18.9 Å². The lowest BCUT2D eigenvalue weighted by Crippen LogP contribution is -2.16. The molecule has 2 aromatic rings. The van der Waals surface area contributed by atoms with E-state index in [1.54, 1.807) is 18.2 Å². The molecule has 0 amide bonds. The van der Waals surface area contributed by atoms with Gasteiger partial charge in [-0.25, -0.2) is 23.1 Å². The summed E-state index contributed by atoms with van der Waals surface area (Å²) in [7, 11) is -2.45. The summed E-state index contributed by atoms with van der Waals surface area (Å²) in [6, 6.07) is 6.32. The van der Waals surface area contributed by atoms with Crippen LogP contribution in [0.25, 0.3) is 0 Å². The third-order valence-corrected chi connectivity index (χ3v) is 3.89. The zero-order chi connectivity index (χ0) is 14.6. The highest BCUT2D eigenvalue weighted by Gasteiger charge is 2.21. The van der Waals surface area contributed by atoms with E-state index in [0.29, 0.717) is 5.56 Å². The normalized spacial score (nSPS) is 11.1. The van der Waals surface area contributed by atoms with E-state index in [0.717, 1.165) is 0 Å². The van der Waals surface area contributed by atoms with Crippen LogP contribution < -0.4 is 15.2 Å². The molecule has 0 saturated carbocycles. The van der Waals surface area contributed by atoms with Crippen molar-refractivity contribution in [2.24, 2.45) is 5.73 Å². The van der Waals surface area contributed by atoms with Crippen molar-refractivity contribution in [1.82, 2.24) is 9.97 Å². The Morgan fingerprint density at radius 1 is 1.30 bits per heavy atom. The Balaban J connectivity index is 2.43. The van der Waals surface area contributed by atoms with E-state index in [1.807, 2.05) is 0 Å². The van der Waals surface area contributed by atoms with Gasteiger partial charge < -0.3 is 10.5 Å². The quantitative estimate of drug-likeness (QED) is 0.842. The Morgan fingerprint density at radius 3 is 2.60 bits per heavy atom. The van der Waals surface area contributed by atoms with Gasteiger partial charge in [-0.3, -0.25) is 0 Å². The molecule has 0 fully saturated rings. The number of benzene rings is 1. The van der Waals surface area contributed by atoms with Crippen LogP contribution in [0.2, 0.25) is 0 Å². The number of hydrogen-bond donors (Lipinski definition) is 2. The number of nitrogens with one attached hydrogen (secondary N) is 1. The fourth-order valence-corrected chi connectivity index (χ4v) is 2.76. The number of rotatable bonds is 5.